The zero-order valence-corrected chi connectivity index (χ0v) is 9.84. The molecule has 0 amide bonds. The van der Waals surface area contributed by atoms with Gasteiger partial charge in [-0.15, -0.1) is 6.58 Å². The van der Waals surface area contributed by atoms with Crippen molar-refractivity contribution in [2.75, 3.05) is 11.9 Å². The van der Waals surface area contributed by atoms with Gasteiger partial charge in [0.1, 0.15) is 0 Å². The van der Waals surface area contributed by atoms with Gasteiger partial charge in [-0.2, -0.15) is 0 Å². The molecule has 0 heterocycles. The Morgan fingerprint density at radius 1 is 1.33 bits per heavy atom. The fourth-order valence-electron chi connectivity index (χ4n) is 1.59. The van der Waals surface area contributed by atoms with Gasteiger partial charge in [-0.3, -0.25) is 0 Å². The number of aryl methyl sites for hydroxylation is 1. The van der Waals surface area contributed by atoms with Gasteiger partial charge in [0.2, 0.25) is 0 Å². The van der Waals surface area contributed by atoms with Crippen molar-refractivity contribution in [2.45, 2.75) is 33.1 Å². The Labute approximate surface area is 93.2 Å². The molecule has 0 saturated heterocycles. The second-order valence-corrected chi connectivity index (χ2v) is 4.04. The number of para-hydroxylation sites is 1. The summed E-state index contributed by atoms with van der Waals surface area (Å²) in [6.07, 6.45) is 3.38. The van der Waals surface area contributed by atoms with E-state index in [1.807, 2.05) is 0 Å². The standard InChI is InChI=1S/C14H21N/c1-4-7-13-8-5-6-9-14(13)15-11-10-12(2)3/h5-6,8-9,15H,2,4,7,10-11H2,1,3H3. The van der Waals surface area contributed by atoms with Gasteiger partial charge in [-0.1, -0.05) is 37.1 Å². The summed E-state index contributed by atoms with van der Waals surface area (Å²) in [4.78, 5) is 0. The van der Waals surface area contributed by atoms with E-state index in [9.17, 15) is 0 Å². The van der Waals surface area contributed by atoms with Gasteiger partial charge in [0, 0.05) is 12.2 Å². The minimum absolute atomic E-state index is 0.982. The van der Waals surface area contributed by atoms with Crippen LogP contribution in [0.3, 0.4) is 0 Å². The molecule has 0 fully saturated rings. The summed E-state index contributed by atoms with van der Waals surface area (Å²) < 4.78 is 0. The second kappa shape index (κ2) is 6.28. The fraction of sp³-hybridized carbons (Fsp3) is 0.429. The summed E-state index contributed by atoms with van der Waals surface area (Å²) in [5.74, 6) is 0. The highest BCUT2D eigenvalue weighted by Crippen LogP contribution is 2.16. The first-order chi connectivity index (χ1) is 7.24. The number of benzene rings is 1. The lowest BCUT2D eigenvalue weighted by atomic mass is 10.1. The van der Waals surface area contributed by atoms with E-state index in [4.69, 9.17) is 0 Å². The van der Waals surface area contributed by atoms with E-state index in [1.165, 1.54) is 23.2 Å². The average Bonchev–Trinajstić information content (AvgIpc) is 2.20. The van der Waals surface area contributed by atoms with Crippen molar-refractivity contribution >= 4 is 5.69 Å². The SMILES string of the molecule is C=C(C)CCNc1ccccc1CCC. The first kappa shape index (κ1) is 11.8. The van der Waals surface area contributed by atoms with Crippen molar-refractivity contribution in [3.63, 3.8) is 0 Å². The van der Waals surface area contributed by atoms with Gasteiger partial charge in [0.25, 0.3) is 0 Å². The van der Waals surface area contributed by atoms with Gasteiger partial charge >= 0.3 is 0 Å². The van der Waals surface area contributed by atoms with E-state index in [0.717, 1.165) is 19.4 Å². The maximum Gasteiger partial charge on any atom is 0.0372 e. The van der Waals surface area contributed by atoms with E-state index in [2.05, 4.69) is 50.0 Å². The molecule has 1 rings (SSSR count). The molecule has 0 aliphatic carbocycles. The lowest BCUT2D eigenvalue weighted by Crippen LogP contribution is -2.04. The first-order valence-electron chi connectivity index (χ1n) is 5.70. The zero-order valence-electron chi connectivity index (χ0n) is 9.84. The van der Waals surface area contributed by atoms with E-state index in [0.29, 0.717) is 0 Å². The van der Waals surface area contributed by atoms with Crippen LogP contribution in [0, 0.1) is 0 Å². The Bertz CT molecular complexity index is 315. The minimum atomic E-state index is 0.982. The van der Waals surface area contributed by atoms with E-state index < -0.39 is 0 Å². The van der Waals surface area contributed by atoms with Crippen molar-refractivity contribution < 1.29 is 0 Å². The van der Waals surface area contributed by atoms with Crippen LogP contribution in [-0.4, -0.2) is 6.54 Å². The highest BCUT2D eigenvalue weighted by molar-refractivity contribution is 5.51. The molecule has 0 aliphatic heterocycles. The van der Waals surface area contributed by atoms with Crippen LogP contribution in [0.15, 0.2) is 36.4 Å². The largest absolute Gasteiger partial charge is 0.385 e. The quantitative estimate of drug-likeness (QED) is 0.689. The number of anilines is 1. The molecule has 0 aliphatic rings. The van der Waals surface area contributed by atoms with Gasteiger partial charge in [-0.25, -0.2) is 0 Å². The summed E-state index contributed by atoms with van der Waals surface area (Å²) >= 11 is 0. The van der Waals surface area contributed by atoms with Crippen LogP contribution in [-0.2, 0) is 6.42 Å². The maximum atomic E-state index is 3.91. The van der Waals surface area contributed by atoms with Crippen molar-refractivity contribution in [3.8, 4) is 0 Å². The topological polar surface area (TPSA) is 12.0 Å². The number of hydrogen-bond donors (Lipinski definition) is 1. The molecule has 1 aromatic carbocycles. The lowest BCUT2D eigenvalue weighted by Gasteiger charge is -2.11. The van der Waals surface area contributed by atoms with Gasteiger partial charge < -0.3 is 5.32 Å². The smallest absolute Gasteiger partial charge is 0.0372 e. The molecule has 0 aromatic heterocycles. The Hall–Kier alpha value is -1.24. The molecule has 82 valence electrons. The third-order valence-electron chi connectivity index (χ3n) is 2.40. The van der Waals surface area contributed by atoms with Crippen LogP contribution in [0.5, 0.6) is 0 Å². The minimum Gasteiger partial charge on any atom is -0.385 e. The summed E-state index contributed by atoms with van der Waals surface area (Å²) in [6, 6.07) is 8.55. The van der Waals surface area contributed by atoms with E-state index in [1.54, 1.807) is 0 Å². The molecule has 0 unspecified atom stereocenters. The Morgan fingerprint density at radius 3 is 2.73 bits per heavy atom. The highest BCUT2D eigenvalue weighted by Gasteiger charge is 1.99. The molecule has 1 N–H and O–H groups in total. The second-order valence-electron chi connectivity index (χ2n) is 4.04. The van der Waals surface area contributed by atoms with Gasteiger partial charge in [0.15, 0.2) is 0 Å². The summed E-state index contributed by atoms with van der Waals surface area (Å²) in [7, 11) is 0. The predicted octanol–water partition coefficient (Wildman–Crippen LogP) is 4.02. The highest BCUT2D eigenvalue weighted by atomic mass is 14.9. The molecular weight excluding hydrogens is 182 g/mol. The zero-order chi connectivity index (χ0) is 11.1. The first-order valence-corrected chi connectivity index (χ1v) is 5.70. The number of nitrogens with one attached hydrogen (secondary N) is 1. The molecular formula is C14H21N. The molecule has 15 heavy (non-hydrogen) atoms. The number of hydrogen-bond acceptors (Lipinski definition) is 1. The van der Waals surface area contributed by atoms with Gasteiger partial charge in [0.05, 0.1) is 0 Å². The summed E-state index contributed by atoms with van der Waals surface area (Å²) in [6.45, 7) is 9.17. The molecule has 0 spiro atoms. The normalized spacial score (nSPS) is 10.0. The predicted molar refractivity (Wildman–Crippen MR) is 68.4 cm³/mol. The average molecular weight is 203 g/mol. The molecule has 0 radical (unpaired) electrons. The van der Waals surface area contributed by atoms with Crippen LogP contribution < -0.4 is 5.32 Å². The van der Waals surface area contributed by atoms with Crippen molar-refractivity contribution in [3.05, 3.63) is 42.0 Å². The Morgan fingerprint density at radius 2 is 2.07 bits per heavy atom. The third-order valence-corrected chi connectivity index (χ3v) is 2.40. The van der Waals surface area contributed by atoms with E-state index in [-0.39, 0.29) is 0 Å². The third kappa shape index (κ3) is 4.20. The van der Waals surface area contributed by atoms with Gasteiger partial charge in [-0.05, 0) is 31.4 Å². The Balaban J connectivity index is 2.55. The van der Waals surface area contributed by atoms with Crippen LogP contribution in [0.1, 0.15) is 32.3 Å². The molecule has 0 bridgehead atoms. The molecule has 0 saturated carbocycles. The van der Waals surface area contributed by atoms with Crippen molar-refractivity contribution in [1.29, 1.82) is 0 Å². The summed E-state index contributed by atoms with van der Waals surface area (Å²) in [5, 5.41) is 3.47. The van der Waals surface area contributed by atoms with Crippen LogP contribution in [0.2, 0.25) is 0 Å². The van der Waals surface area contributed by atoms with Crippen LogP contribution in [0.25, 0.3) is 0 Å². The van der Waals surface area contributed by atoms with Crippen LogP contribution >= 0.6 is 0 Å². The monoisotopic (exact) mass is 203 g/mol. The molecule has 1 nitrogen and oxygen atoms in total. The summed E-state index contributed by atoms with van der Waals surface area (Å²) in [5.41, 5.74) is 3.93. The molecule has 1 heteroatoms. The molecule has 0 atom stereocenters. The lowest BCUT2D eigenvalue weighted by molar-refractivity contribution is 0.916. The Kier molecular flexibility index (Phi) is 4.96. The van der Waals surface area contributed by atoms with E-state index >= 15 is 0 Å². The fourth-order valence-corrected chi connectivity index (χ4v) is 1.59. The molecule has 1 aromatic rings. The van der Waals surface area contributed by atoms with Crippen LogP contribution in [0.4, 0.5) is 5.69 Å². The van der Waals surface area contributed by atoms with Crippen molar-refractivity contribution in [1.82, 2.24) is 0 Å². The van der Waals surface area contributed by atoms with Crippen molar-refractivity contribution in [2.24, 2.45) is 0 Å². The number of rotatable bonds is 6. The maximum absolute atomic E-state index is 3.91.